The number of rotatable bonds is 9. The molecule has 3 N–H and O–H groups in total. The van der Waals surface area contributed by atoms with E-state index in [1.165, 1.54) is 55.0 Å². The molecule has 1 amide bonds. The van der Waals surface area contributed by atoms with Gasteiger partial charge in [0.15, 0.2) is 5.82 Å². The monoisotopic (exact) mass is 483 g/mol. The quantitative estimate of drug-likeness (QED) is 0.405. The van der Waals surface area contributed by atoms with Gasteiger partial charge in [-0.05, 0) is 91.7 Å². The topological polar surface area (TPSA) is 95.1 Å². The average Bonchev–Trinajstić information content (AvgIpc) is 3.13. The number of aromatic nitrogens is 3. The highest BCUT2D eigenvalue weighted by Crippen LogP contribution is 2.59. The molecule has 0 spiro atoms. The fraction of sp³-hybridized carbons (Fsp3) is 0.654. The molecule has 0 saturated heterocycles. The van der Waals surface area contributed by atoms with Crippen molar-refractivity contribution in [2.24, 2.45) is 23.2 Å². The Kier molecular flexibility index (Phi) is 6.53. The van der Waals surface area contributed by atoms with Crippen molar-refractivity contribution in [3.8, 4) is 5.75 Å². The number of benzene rings is 1. The van der Waals surface area contributed by atoms with Gasteiger partial charge in [-0.1, -0.05) is 37.7 Å². The van der Waals surface area contributed by atoms with Gasteiger partial charge in [0.2, 0.25) is 11.1 Å². The molecule has 6 rings (SSSR count). The second-order valence-electron chi connectivity index (χ2n) is 11.2. The molecule has 4 fully saturated rings. The number of hydrogen-bond acceptors (Lipinski definition) is 6. The Morgan fingerprint density at radius 1 is 1.21 bits per heavy atom. The molecule has 7 nitrogen and oxygen atoms in total. The molecule has 8 heteroatoms. The first-order chi connectivity index (χ1) is 16.3. The van der Waals surface area contributed by atoms with Crippen LogP contribution in [0.15, 0.2) is 23.4 Å². The standard InChI is InChI=1S/C26H37N5O2S/c1-16(2)21-5-4-17(3)6-22(21)33-13-23-29-30-25(31(23)27)34-14-24(32)28-15-26-10-18-7-19(11-26)9-20(8-18)12-26/h4-6,16,18-20H,7-15,27H2,1-3H3,(H,28,32). The summed E-state index contributed by atoms with van der Waals surface area (Å²) in [5, 5.41) is 12.1. The zero-order chi connectivity index (χ0) is 23.9. The van der Waals surface area contributed by atoms with Crippen molar-refractivity contribution in [2.75, 3.05) is 18.1 Å². The number of aryl methyl sites for hydroxylation is 1. The van der Waals surface area contributed by atoms with Crippen LogP contribution in [0.2, 0.25) is 0 Å². The Labute approximate surface area is 206 Å². The summed E-state index contributed by atoms with van der Waals surface area (Å²) in [6, 6.07) is 6.23. The van der Waals surface area contributed by atoms with Gasteiger partial charge < -0.3 is 15.9 Å². The van der Waals surface area contributed by atoms with E-state index in [9.17, 15) is 4.79 Å². The number of nitrogens with zero attached hydrogens (tertiary/aromatic N) is 3. The van der Waals surface area contributed by atoms with Crippen LogP contribution in [0.3, 0.4) is 0 Å². The van der Waals surface area contributed by atoms with Crippen molar-refractivity contribution >= 4 is 17.7 Å². The van der Waals surface area contributed by atoms with E-state index in [4.69, 9.17) is 10.6 Å². The highest BCUT2D eigenvalue weighted by atomic mass is 32.2. The van der Waals surface area contributed by atoms with E-state index in [2.05, 4.69) is 41.5 Å². The molecule has 1 heterocycles. The van der Waals surface area contributed by atoms with E-state index in [1.807, 2.05) is 13.0 Å². The van der Waals surface area contributed by atoms with Gasteiger partial charge >= 0.3 is 0 Å². The Bertz CT molecular complexity index is 1010. The van der Waals surface area contributed by atoms with Crippen molar-refractivity contribution in [3.05, 3.63) is 35.2 Å². The van der Waals surface area contributed by atoms with Gasteiger partial charge in [-0.15, -0.1) is 10.2 Å². The molecule has 0 unspecified atom stereocenters. The number of nitrogens with two attached hydrogens (primary N) is 1. The normalized spacial score (nSPS) is 27.4. The Morgan fingerprint density at radius 2 is 1.88 bits per heavy atom. The molecule has 2 aromatic rings. The first kappa shape index (κ1) is 23.5. The maximum absolute atomic E-state index is 12.6. The van der Waals surface area contributed by atoms with E-state index in [1.54, 1.807) is 0 Å². The molecule has 4 aliphatic rings. The third-order valence-corrected chi connectivity index (χ3v) is 8.98. The Balaban J connectivity index is 1.12. The van der Waals surface area contributed by atoms with Crippen molar-refractivity contribution in [1.29, 1.82) is 0 Å². The number of ether oxygens (including phenoxy) is 1. The van der Waals surface area contributed by atoms with Gasteiger partial charge in [-0.3, -0.25) is 4.79 Å². The van der Waals surface area contributed by atoms with Gasteiger partial charge in [-0.25, -0.2) is 4.68 Å². The number of carbonyl (C=O) groups is 1. The van der Waals surface area contributed by atoms with Gasteiger partial charge in [0.1, 0.15) is 12.4 Å². The summed E-state index contributed by atoms with van der Waals surface area (Å²) in [5.41, 5.74) is 2.64. The third-order valence-electron chi connectivity index (χ3n) is 8.04. The molecule has 4 saturated carbocycles. The Hall–Kier alpha value is -2.22. The van der Waals surface area contributed by atoms with Crippen LogP contribution in [-0.2, 0) is 11.4 Å². The first-order valence-electron chi connectivity index (χ1n) is 12.6. The number of amides is 1. The first-order valence-corrected chi connectivity index (χ1v) is 13.6. The lowest BCUT2D eigenvalue weighted by atomic mass is 9.49. The number of thioether (sulfide) groups is 1. The SMILES string of the molecule is Cc1ccc(C(C)C)c(OCc2nnc(SCC(=O)NCC34CC5CC(CC(C5)C3)C4)n2N)c1. The Morgan fingerprint density at radius 3 is 2.53 bits per heavy atom. The van der Waals surface area contributed by atoms with Crippen molar-refractivity contribution < 1.29 is 9.53 Å². The highest BCUT2D eigenvalue weighted by molar-refractivity contribution is 7.99. The van der Waals surface area contributed by atoms with E-state index in [0.29, 0.717) is 22.3 Å². The zero-order valence-corrected chi connectivity index (χ0v) is 21.4. The maximum Gasteiger partial charge on any atom is 0.230 e. The minimum atomic E-state index is 0.0443. The molecule has 4 aliphatic carbocycles. The van der Waals surface area contributed by atoms with Crippen LogP contribution in [0.1, 0.15) is 75.2 Å². The van der Waals surface area contributed by atoms with E-state index in [0.717, 1.165) is 41.2 Å². The van der Waals surface area contributed by atoms with Crippen LogP contribution < -0.4 is 15.9 Å². The molecule has 0 atom stereocenters. The second kappa shape index (κ2) is 9.44. The number of nitrogens with one attached hydrogen (secondary N) is 1. The molecule has 0 radical (unpaired) electrons. The summed E-state index contributed by atoms with van der Waals surface area (Å²) in [7, 11) is 0. The van der Waals surface area contributed by atoms with Crippen molar-refractivity contribution in [2.45, 2.75) is 77.0 Å². The molecule has 1 aromatic carbocycles. The van der Waals surface area contributed by atoms with Crippen LogP contribution >= 0.6 is 11.8 Å². The van der Waals surface area contributed by atoms with Gasteiger partial charge in [0, 0.05) is 6.54 Å². The number of nitrogen functional groups attached to an aromatic ring is 1. The minimum Gasteiger partial charge on any atom is -0.485 e. The summed E-state index contributed by atoms with van der Waals surface area (Å²) < 4.78 is 7.48. The van der Waals surface area contributed by atoms with Crippen LogP contribution in [0.5, 0.6) is 5.75 Å². The smallest absolute Gasteiger partial charge is 0.230 e. The molecular weight excluding hydrogens is 446 g/mol. The van der Waals surface area contributed by atoms with Crippen molar-refractivity contribution in [3.63, 3.8) is 0 Å². The third kappa shape index (κ3) is 4.92. The predicted molar refractivity (Wildman–Crippen MR) is 134 cm³/mol. The summed E-state index contributed by atoms with van der Waals surface area (Å²) in [4.78, 5) is 12.6. The van der Waals surface area contributed by atoms with E-state index in [-0.39, 0.29) is 18.3 Å². The largest absolute Gasteiger partial charge is 0.485 e. The van der Waals surface area contributed by atoms with E-state index >= 15 is 0 Å². The van der Waals surface area contributed by atoms with E-state index < -0.39 is 0 Å². The predicted octanol–water partition coefficient (Wildman–Crippen LogP) is 4.43. The van der Waals surface area contributed by atoms with Gasteiger partial charge in [0.25, 0.3) is 0 Å². The molecule has 4 bridgehead atoms. The lowest BCUT2D eigenvalue weighted by molar-refractivity contribution is -0.120. The summed E-state index contributed by atoms with van der Waals surface area (Å²) in [5.74, 6) is 11.0. The van der Waals surface area contributed by atoms with Crippen LogP contribution in [0, 0.1) is 30.1 Å². The number of hydrogen-bond donors (Lipinski definition) is 2. The zero-order valence-electron chi connectivity index (χ0n) is 20.5. The van der Waals surface area contributed by atoms with Gasteiger partial charge in [-0.2, -0.15) is 0 Å². The van der Waals surface area contributed by atoms with Crippen LogP contribution in [0.4, 0.5) is 0 Å². The van der Waals surface area contributed by atoms with Crippen LogP contribution in [-0.4, -0.2) is 33.1 Å². The fourth-order valence-corrected chi connectivity index (χ4v) is 7.57. The van der Waals surface area contributed by atoms with Crippen LogP contribution in [0.25, 0.3) is 0 Å². The molecule has 184 valence electrons. The summed E-state index contributed by atoms with van der Waals surface area (Å²) in [6.45, 7) is 7.38. The number of carbonyl (C=O) groups excluding carboxylic acids is 1. The fourth-order valence-electron chi connectivity index (χ4n) is 6.86. The summed E-state index contributed by atoms with van der Waals surface area (Å²) >= 11 is 1.32. The minimum absolute atomic E-state index is 0.0443. The molecule has 34 heavy (non-hydrogen) atoms. The second-order valence-corrected chi connectivity index (χ2v) is 12.2. The molecular formula is C26H37N5O2S. The summed E-state index contributed by atoms with van der Waals surface area (Å²) in [6.07, 6.45) is 8.16. The maximum atomic E-state index is 12.6. The lowest BCUT2D eigenvalue weighted by Gasteiger charge is -2.56. The molecule has 0 aliphatic heterocycles. The highest BCUT2D eigenvalue weighted by Gasteiger charge is 2.50. The van der Waals surface area contributed by atoms with Crippen molar-refractivity contribution in [1.82, 2.24) is 20.2 Å². The van der Waals surface area contributed by atoms with Gasteiger partial charge in [0.05, 0.1) is 5.75 Å². The lowest BCUT2D eigenvalue weighted by Crippen LogP contribution is -2.51. The molecule has 1 aromatic heterocycles. The average molecular weight is 484 g/mol.